The van der Waals surface area contributed by atoms with Gasteiger partial charge in [0.1, 0.15) is 0 Å². The van der Waals surface area contributed by atoms with Gasteiger partial charge in [-0.3, -0.25) is 0 Å². The van der Waals surface area contributed by atoms with Crippen molar-refractivity contribution in [3.63, 3.8) is 0 Å². The molecule has 0 radical (unpaired) electrons. The molecule has 0 nitrogen and oxygen atoms in total. The van der Waals surface area contributed by atoms with E-state index in [1.807, 2.05) is 0 Å². The summed E-state index contributed by atoms with van der Waals surface area (Å²) in [5.74, 6) is 0.501. The van der Waals surface area contributed by atoms with E-state index < -0.39 is 0 Å². The second-order valence-electron chi connectivity index (χ2n) is 3.54. The first-order valence-electron chi connectivity index (χ1n) is 4.98. The molecule has 1 aromatic carbocycles. The molecule has 0 fully saturated rings. The first-order chi connectivity index (χ1) is 6.25. The Kier molecular flexibility index (Phi) is 3.75. The number of rotatable bonds is 4. The average molecular weight is 174 g/mol. The Morgan fingerprint density at radius 3 is 2.46 bits per heavy atom. The van der Waals surface area contributed by atoms with Crippen LogP contribution in [0.4, 0.5) is 0 Å². The van der Waals surface area contributed by atoms with E-state index in [9.17, 15) is 0 Å². The fraction of sp³-hybridized carbons (Fsp3) is 0.385. The van der Waals surface area contributed by atoms with Crippen molar-refractivity contribution in [3.05, 3.63) is 48.0 Å². The Labute approximate surface area is 81.3 Å². The maximum atomic E-state index is 4.12. The van der Waals surface area contributed by atoms with Crippen LogP contribution >= 0.6 is 0 Å². The second kappa shape index (κ2) is 4.86. The molecule has 0 spiro atoms. The van der Waals surface area contributed by atoms with Crippen LogP contribution in [0.15, 0.2) is 42.5 Å². The first-order valence-corrected chi connectivity index (χ1v) is 4.98. The quantitative estimate of drug-likeness (QED) is 0.602. The number of benzene rings is 1. The van der Waals surface area contributed by atoms with Crippen molar-refractivity contribution in [1.82, 2.24) is 0 Å². The van der Waals surface area contributed by atoms with E-state index in [-0.39, 0.29) is 0 Å². The zero-order chi connectivity index (χ0) is 9.68. The molecular weight excluding hydrogens is 156 g/mol. The van der Waals surface area contributed by atoms with E-state index in [4.69, 9.17) is 0 Å². The predicted octanol–water partition coefficient (Wildman–Crippen LogP) is 4.15. The van der Waals surface area contributed by atoms with Crippen LogP contribution in [0.2, 0.25) is 0 Å². The van der Waals surface area contributed by atoms with E-state index >= 15 is 0 Å². The number of hydrogen-bond acceptors (Lipinski definition) is 0. The monoisotopic (exact) mass is 174 g/mol. The lowest BCUT2D eigenvalue weighted by atomic mass is 9.91. The molecule has 0 N–H and O–H groups in total. The Morgan fingerprint density at radius 1 is 1.31 bits per heavy atom. The summed E-state index contributed by atoms with van der Waals surface area (Å²) in [7, 11) is 0. The molecule has 0 saturated carbocycles. The van der Waals surface area contributed by atoms with Gasteiger partial charge in [-0.1, -0.05) is 62.8 Å². The molecule has 1 aromatic rings. The first kappa shape index (κ1) is 10.0. The molecule has 0 aliphatic carbocycles. The van der Waals surface area contributed by atoms with Gasteiger partial charge in [0, 0.05) is 5.92 Å². The van der Waals surface area contributed by atoms with Crippen LogP contribution in [0.3, 0.4) is 0 Å². The van der Waals surface area contributed by atoms with Crippen LogP contribution in [0.25, 0.3) is 0 Å². The van der Waals surface area contributed by atoms with Crippen molar-refractivity contribution in [3.8, 4) is 0 Å². The normalized spacial score (nSPS) is 12.5. The molecule has 1 rings (SSSR count). The highest BCUT2D eigenvalue weighted by Gasteiger charge is 2.07. The Hall–Kier alpha value is -1.04. The standard InChI is InChI=1S/C13H18/c1-4-8-11(2)12(3)13-9-6-5-7-10-13/h5-7,9-10,12H,2,4,8H2,1,3H3. The fourth-order valence-electron chi connectivity index (χ4n) is 1.52. The van der Waals surface area contributed by atoms with Crippen molar-refractivity contribution >= 4 is 0 Å². The molecule has 0 bridgehead atoms. The number of allylic oxidation sites excluding steroid dienone is 1. The molecule has 1 atom stereocenters. The van der Waals surface area contributed by atoms with Crippen LogP contribution < -0.4 is 0 Å². The van der Waals surface area contributed by atoms with Crippen molar-refractivity contribution < 1.29 is 0 Å². The lowest BCUT2D eigenvalue weighted by Crippen LogP contribution is -1.96. The summed E-state index contributed by atoms with van der Waals surface area (Å²) in [5, 5.41) is 0. The van der Waals surface area contributed by atoms with Gasteiger partial charge in [0.05, 0.1) is 0 Å². The average Bonchev–Trinajstić information content (AvgIpc) is 2.18. The summed E-state index contributed by atoms with van der Waals surface area (Å²) in [6, 6.07) is 10.6. The SMILES string of the molecule is C=C(CCC)C(C)c1ccccc1. The fourth-order valence-corrected chi connectivity index (χ4v) is 1.52. The largest absolute Gasteiger partial charge is 0.0993 e. The minimum absolute atomic E-state index is 0.501. The van der Waals surface area contributed by atoms with Gasteiger partial charge >= 0.3 is 0 Å². The Balaban J connectivity index is 2.68. The maximum Gasteiger partial charge on any atom is 0.00171 e. The maximum absolute atomic E-state index is 4.12. The van der Waals surface area contributed by atoms with Crippen LogP contribution in [0.1, 0.15) is 38.2 Å². The zero-order valence-electron chi connectivity index (χ0n) is 8.59. The van der Waals surface area contributed by atoms with Gasteiger partial charge in [0.25, 0.3) is 0 Å². The van der Waals surface area contributed by atoms with E-state index in [0.717, 1.165) is 6.42 Å². The molecule has 0 heteroatoms. The van der Waals surface area contributed by atoms with Gasteiger partial charge in [0.2, 0.25) is 0 Å². The van der Waals surface area contributed by atoms with Gasteiger partial charge in [-0.25, -0.2) is 0 Å². The Morgan fingerprint density at radius 2 is 1.92 bits per heavy atom. The zero-order valence-corrected chi connectivity index (χ0v) is 8.59. The topological polar surface area (TPSA) is 0 Å². The molecule has 0 aliphatic rings. The van der Waals surface area contributed by atoms with E-state index in [2.05, 4.69) is 50.8 Å². The van der Waals surface area contributed by atoms with Gasteiger partial charge in [-0.2, -0.15) is 0 Å². The predicted molar refractivity (Wildman–Crippen MR) is 58.9 cm³/mol. The number of hydrogen-bond donors (Lipinski definition) is 0. The minimum atomic E-state index is 0.501. The molecular formula is C13H18. The van der Waals surface area contributed by atoms with Gasteiger partial charge in [-0.05, 0) is 12.0 Å². The second-order valence-corrected chi connectivity index (χ2v) is 3.54. The summed E-state index contributed by atoms with van der Waals surface area (Å²) < 4.78 is 0. The molecule has 0 amide bonds. The molecule has 13 heavy (non-hydrogen) atoms. The summed E-state index contributed by atoms with van der Waals surface area (Å²) in [6.45, 7) is 8.55. The van der Waals surface area contributed by atoms with Crippen LogP contribution in [0.5, 0.6) is 0 Å². The van der Waals surface area contributed by atoms with E-state index in [1.165, 1.54) is 17.6 Å². The van der Waals surface area contributed by atoms with Crippen LogP contribution in [0, 0.1) is 0 Å². The summed E-state index contributed by atoms with van der Waals surface area (Å²) in [5.41, 5.74) is 2.72. The van der Waals surface area contributed by atoms with Gasteiger partial charge in [-0.15, -0.1) is 0 Å². The van der Waals surface area contributed by atoms with Crippen LogP contribution in [-0.4, -0.2) is 0 Å². The lowest BCUT2D eigenvalue weighted by molar-refractivity contribution is 0.787. The third-order valence-electron chi connectivity index (χ3n) is 2.48. The molecule has 0 aromatic heterocycles. The van der Waals surface area contributed by atoms with Gasteiger partial charge < -0.3 is 0 Å². The third kappa shape index (κ3) is 2.73. The minimum Gasteiger partial charge on any atom is -0.0993 e. The summed E-state index contributed by atoms with van der Waals surface area (Å²) in [6.07, 6.45) is 2.33. The molecule has 0 heterocycles. The highest BCUT2D eigenvalue weighted by molar-refractivity contribution is 5.26. The van der Waals surface area contributed by atoms with Crippen LogP contribution in [-0.2, 0) is 0 Å². The molecule has 70 valence electrons. The molecule has 0 saturated heterocycles. The lowest BCUT2D eigenvalue weighted by Gasteiger charge is -2.14. The van der Waals surface area contributed by atoms with Crippen molar-refractivity contribution in [2.45, 2.75) is 32.6 Å². The smallest absolute Gasteiger partial charge is 0.00171 e. The highest BCUT2D eigenvalue weighted by Crippen LogP contribution is 2.24. The van der Waals surface area contributed by atoms with E-state index in [1.54, 1.807) is 0 Å². The van der Waals surface area contributed by atoms with Crippen molar-refractivity contribution in [1.29, 1.82) is 0 Å². The summed E-state index contributed by atoms with van der Waals surface area (Å²) in [4.78, 5) is 0. The van der Waals surface area contributed by atoms with E-state index in [0.29, 0.717) is 5.92 Å². The van der Waals surface area contributed by atoms with Crippen molar-refractivity contribution in [2.24, 2.45) is 0 Å². The molecule has 1 unspecified atom stereocenters. The van der Waals surface area contributed by atoms with Crippen molar-refractivity contribution in [2.75, 3.05) is 0 Å². The summed E-state index contributed by atoms with van der Waals surface area (Å²) >= 11 is 0. The molecule has 0 aliphatic heterocycles. The Bertz CT molecular complexity index is 259. The van der Waals surface area contributed by atoms with Gasteiger partial charge in [0.15, 0.2) is 0 Å². The third-order valence-corrected chi connectivity index (χ3v) is 2.48. The highest BCUT2D eigenvalue weighted by atomic mass is 14.1.